The molecule has 2 aromatic heterocycles. The van der Waals surface area contributed by atoms with Gasteiger partial charge in [-0.25, -0.2) is 4.98 Å². The average Bonchev–Trinajstić information content (AvgIpc) is 2.65. The Kier molecular flexibility index (Phi) is 1.94. The highest BCUT2D eigenvalue weighted by Gasteiger charge is 2.14. The van der Waals surface area contributed by atoms with Crippen molar-refractivity contribution in [2.75, 3.05) is 5.73 Å². The summed E-state index contributed by atoms with van der Waals surface area (Å²) in [6.45, 7) is 0. The third kappa shape index (κ3) is 1.33. The summed E-state index contributed by atoms with van der Waals surface area (Å²) in [7, 11) is 0. The Balaban J connectivity index is 2.39. The predicted molar refractivity (Wildman–Crippen MR) is 48.5 cm³/mol. The molecular weight excluding hydrogens is 182 g/mol. The van der Waals surface area contributed by atoms with Gasteiger partial charge in [0.05, 0.1) is 18.0 Å². The lowest BCUT2D eigenvalue weighted by atomic mass is 10.1. The van der Waals surface area contributed by atoms with Gasteiger partial charge in [0, 0.05) is 12.4 Å². The van der Waals surface area contributed by atoms with Crippen molar-refractivity contribution in [1.82, 2.24) is 20.2 Å². The van der Waals surface area contributed by atoms with Gasteiger partial charge in [0.1, 0.15) is 11.5 Å². The fourth-order valence-electron chi connectivity index (χ4n) is 1.03. The Morgan fingerprint density at radius 3 is 2.79 bits per heavy atom. The molecule has 0 spiro atoms. The number of aromatic nitrogens is 4. The number of nitrogens with zero attached hydrogens (tertiary/aromatic N) is 3. The minimum Gasteiger partial charge on any atom is -0.383 e. The van der Waals surface area contributed by atoms with Gasteiger partial charge in [-0.15, -0.1) is 0 Å². The largest absolute Gasteiger partial charge is 0.383 e. The van der Waals surface area contributed by atoms with Crippen LogP contribution in [0.2, 0.25) is 0 Å². The van der Waals surface area contributed by atoms with Gasteiger partial charge in [-0.1, -0.05) is 0 Å². The molecular formula is C8H7N5O. The van der Waals surface area contributed by atoms with E-state index in [9.17, 15) is 4.79 Å². The number of hydrogen-bond acceptors (Lipinski definition) is 5. The molecule has 0 amide bonds. The van der Waals surface area contributed by atoms with Crippen molar-refractivity contribution in [3.05, 3.63) is 36.0 Å². The fourth-order valence-corrected chi connectivity index (χ4v) is 1.03. The molecule has 3 N–H and O–H groups in total. The second-order valence-electron chi connectivity index (χ2n) is 2.62. The number of nitrogens with one attached hydrogen (secondary N) is 1. The summed E-state index contributed by atoms with van der Waals surface area (Å²) in [4.78, 5) is 19.3. The lowest BCUT2D eigenvalue weighted by molar-refractivity contribution is 0.103. The van der Waals surface area contributed by atoms with Gasteiger partial charge in [-0.3, -0.25) is 14.9 Å². The molecule has 0 unspecified atom stereocenters. The predicted octanol–water partition coefficient (Wildman–Crippen LogP) is 0.0129. The topological polar surface area (TPSA) is 97.6 Å². The number of anilines is 1. The molecule has 0 aliphatic heterocycles. The van der Waals surface area contributed by atoms with Gasteiger partial charge >= 0.3 is 0 Å². The number of carbonyl (C=O) groups excluding carboxylic acids is 1. The Bertz CT molecular complexity index is 450. The molecule has 0 aliphatic carbocycles. The zero-order valence-corrected chi connectivity index (χ0v) is 7.14. The molecule has 2 rings (SSSR count). The van der Waals surface area contributed by atoms with E-state index >= 15 is 0 Å². The van der Waals surface area contributed by atoms with Crippen molar-refractivity contribution in [3.63, 3.8) is 0 Å². The molecule has 0 saturated heterocycles. The number of nitrogen functional groups attached to an aromatic ring is 1. The summed E-state index contributed by atoms with van der Waals surface area (Å²) in [6.07, 6.45) is 5.69. The Morgan fingerprint density at radius 2 is 2.21 bits per heavy atom. The number of ketones is 1. The summed E-state index contributed by atoms with van der Waals surface area (Å²) >= 11 is 0. The van der Waals surface area contributed by atoms with Crippen molar-refractivity contribution >= 4 is 11.6 Å². The summed E-state index contributed by atoms with van der Waals surface area (Å²) < 4.78 is 0. The van der Waals surface area contributed by atoms with Crippen LogP contribution in [0.1, 0.15) is 16.1 Å². The van der Waals surface area contributed by atoms with Crippen LogP contribution in [0.3, 0.4) is 0 Å². The lowest BCUT2D eigenvalue weighted by Crippen LogP contribution is -2.05. The summed E-state index contributed by atoms with van der Waals surface area (Å²) in [5.41, 5.74) is 6.05. The summed E-state index contributed by atoms with van der Waals surface area (Å²) in [6, 6.07) is 0. The molecule has 0 aliphatic rings. The maximum atomic E-state index is 11.7. The summed E-state index contributed by atoms with van der Waals surface area (Å²) in [5.74, 6) is -0.0509. The minimum absolute atomic E-state index is 0.237. The van der Waals surface area contributed by atoms with E-state index in [1.165, 1.54) is 24.8 Å². The molecule has 0 bridgehead atoms. The molecule has 2 heterocycles. The van der Waals surface area contributed by atoms with E-state index in [2.05, 4.69) is 20.2 Å². The van der Waals surface area contributed by atoms with Crippen LogP contribution in [0.5, 0.6) is 0 Å². The number of aromatic amines is 1. The standard InChI is InChI=1S/C8H7N5O/c9-8-5(3-12-13-8)7(14)6-4-10-1-2-11-6/h1-4H,(H3,9,12,13). The molecule has 0 saturated carbocycles. The lowest BCUT2D eigenvalue weighted by Gasteiger charge is -1.96. The van der Waals surface area contributed by atoms with E-state index in [1.54, 1.807) is 0 Å². The molecule has 70 valence electrons. The molecule has 2 aromatic rings. The van der Waals surface area contributed by atoms with E-state index in [1.807, 2.05) is 0 Å². The first-order valence-electron chi connectivity index (χ1n) is 3.88. The van der Waals surface area contributed by atoms with E-state index in [-0.39, 0.29) is 17.3 Å². The number of H-pyrrole nitrogens is 1. The highest BCUT2D eigenvalue weighted by molar-refractivity contribution is 6.10. The van der Waals surface area contributed by atoms with Crippen LogP contribution < -0.4 is 5.73 Å². The van der Waals surface area contributed by atoms with E-state index < -0.39 is 0 Å². The molecule has 6 nitrogen and oxygen atoms in total. The monoisotopic (exact) mass is 189 g/mol. The maximum absolute atomic E-state index is 11.7. The smallest absolute Gasteiger partial charge is 0.218 e. The molecule has 14 heavy (non-hydrogen) atoms. The molecule has 0 radical (unpaired) electrons. The van der Waals surface area contributed by atoms with Gasteiger partial charge in [-0.2, -0.15) is 5.10 Å². The van der Waals surface area contributed by atoms with Crippen LogP contribution in [0.15, 0.2) is 24.8 Å². The highest BCUT2D eigenvalue weighted by Crippen LogP contribution is 2.10. The Morgan fingerprint density at radius 1 is 1.36 bits per heavy atom. The molecule has 0 fully saturated rings. The van der Waals surface area contributed by atoms with Crippen LogP contribution in [0, 0.1) is 0 Å². The zero-order chi connectivity index (χ0) is 9.97. The van der Waals surface area contributed by atoms with Crippen LogP contribution in [-0.4, -0.2) is 25.9 Å². The van der Waals surface area contributed by atoms with Crippen molar-refractivity contribution in [2.24, 2.45) is 0 Å². The van der Waals surface area contributed by atoms with Crippen molar-refractivity contribution in [2.45, 2.75) is 0 Å². The van der Waals surface area contributed by atoms with Crippen molar-refractivity contribution in [3.8, 4) is 0 Å². The third-order valence-corrected chi connectivity index (χ3v) is 1.71. The van der Waals surface area contributed by atoms with Gasteiger partial charge in [0.15, 0.2) is 0 Å². The molecule has 6 heteroatoms. The third-order valence-electron chi connectivity index (χ3n) is 1.71. The van der Waals surface area contributed by atoms with Gasteiger partial charge in [-0.05, 0) is 0 Å². The second kappa shape index (κ2) is 3.25. The zero-order valence-electron chi connectivity index (χ0n) is 7.14. The van der Waals surface area contributed by atoms with Crippen LogP contribution in [0.25, 0.3) is 0 Å². The highest BCUT2D eigenvalue weighted by atomic mass is 16.1. The maximum Gasteiger partial charge on any atom is 0.218 e. The van der Waals surface area contributed by atoms with Crippen LogP contribution >= 0.6 is 0 Å². The number of carbonyl (C=O) groups is 1. The Hall–Kier alpha value is -2.24. The average molecular weight is 189 g/mol. The minimum atomic E-state index is -0.288. The molecule has 0 aromatic carbocycles. The van der Waals surface area contributed by atoms with Crippen LogP contribution in [-0.2, 0) is 0 Å². The van der Waals surface area contributed by atoms with Gasteiger partial charge in [0.2, 0.25) is 5.78 Å². The van der Waals surface area contributed by atoms with E-state index in [4.69, 9.17) is 5.73 Å². The number of nitrogens with two attached hydrogens (primary N) is 1. The number of rotatable bonds is 2. The van der Waals surface area contributed by atoms with E-state index in [0.29, 0.717) is 5.56 Å². The molecule has 0 atom stereocenters. The van der Waals surface area contributed by atoms with Gasteiger partial charge < -0.3 is 5.73 Å². The van der Waals surface area contributed by atoms with Crippen molar-refractivity contribution in [1.29, 1.82) is 0 Å². The van der Waals surface area contributed by atoms with Crippen molar-refractivity contribution < 1.29 is 4.79 Å². The first kappa shape index (κ1) is 8.36. The fraction of sp³-hybridized carbons (Fsp3) is 0. The number of hydrogen-bond donors (Lipinski definition) is 2. The first-order valence-corrected chi connectivity index (χ1v) is 3.88. The normalized spacial score (nSPS) is 10.0. The quantitative estimate of drug-likeness (QED) is 0.648. The second-order valence-corrected chi connectivity index (χ2v) is 2.62. The Labute approximate surface area is 79.2 Å². The van der Waals surface area contributed by atoms with Crippen LogP contribution in [0.4, 0.5) is 5.82 Å². The van der Waals surface area contributed by atoms with E-state index in [0.717, 1.165) is 0 Å². The van der Waals surface area contributed by atoms with Gasteiger partial charge in [0.25, 0.3) is 0 Å². The SMILES string of the molecule is Nc1[nH]ncc1C(=O)c1cnccn1. The first-order chi connectivity index (χ1) is 6.79. The summed E-state index contributed by atoms with van der Waals surface area (Å²) in [5, 5.41) is 6.13.